The number of rotatable bonds is 6. The molecule has 0 aromatic heterocycles. The highest BCUT2D eigenvalue weighted by Gasteiger charge is 2.29. The van der Waals surface area contributed by atoms with Gasteiger partial charge in [0.2, 0.25) is 5.91 Å². The van der Waals surface area contributed by atoms with Crippen molar-refractivity contribution < 1.29 is 4.79 Å². The van der Waals surface area contributed by atoms with Gasteiger partial charge in [0.1, 0.15) is 0 Å². The predicted molar refractivity (Wildman–Crippen MR) is 90.4 cm³/mol. The molecule has 0 saturated carbocycles. The van der Waals surface area contributed by atoms with Gasteiger partial charge in [-0.1, -0.05) is 50.6 Å². The number of nitrogens with two attached hydrogens (primary N) is 1. The topological polar surface area (TPSA) is 58.4 Å². The zero-order valence-corrected chi connectivity index (χ0v) is 13.8. The van der Waals surface area contributed by atoms with Gasteiger partial charge < -0.3 is 11.1 Å². The van der Waals surface area contributed by atoms with Gasteiger partial charge in [-0.15, -0.1) is 0 Å². The number of hydrogen-bond donors (Lipinski definition) is 2. The Morgan fingerprint density at radius 1 is 1.18 bits per heavy atom. The highest BCUT2D eigenvalue weighted by molar-refractivity contribution is 5.82. The smallest absolute Gasteiger partial charge is 0.237 e. The van der Waals surface area contributed by atoms with Gasteiger partial charge in [-0.3, -0.25) is 9.69 Å². The largest absolute Gasteiger partial charge is 0.353 e. The maximum absolute atomic E-state index is 12.6. The summed E-state index contributed by atoms with van der Waals surface area (Å²) >= 11 is 0. The van der Waals surface area contributed by atoms with E-state index >= 15 is 0 Å². The van der Waals surface area contributed by atoms with Crippen LogP contribution >= 0.6 is 0 Å². The van der Waals surface area contributed by atoms with Crippen molar-refractivity contribution in [1.82, 2.24) is 10.2 Å². The van der Waals surface area contributed by atoms with Crippen LogP contribution in [0.15, 0.2) is 30.3 Å². The van der Waals surface area contributed by atoms with E-state index in [2.05, 4.69) is 24.1 Å². The van der Waals surface area contributed by atoms with E-state index in [4.69, 9.17) is 5.73 Å². The Morgan fingerprint density at radius 2 is 1.82 bits per heavy atom. The van der Waals surface area contributed by atoms with E-state index in [1.54, 1.807) is 0 Å². The van der Waals surface area contributed by atoms with Crippen molar-refractivity contribution in [3.05, 3.63) is 35.9 Å². The number of hydrogen-bond acceptors (Lipinski definition) is 3. The summed E-state index contributed by atoms with van der Waals surface area (Å²) in [5, 5.41) is 3.05. The number of amides is 1. The Morgan fingerprint density at radius 3 is 2.41 bits per heavy atom. The maximum atomic E-state index is 12.6. The summed E-state index contributed by atoms with van der Waals surface area (Å²) in [5.41, 5.74) is 7.23. The van der Waals surface area contributed by atoms with Gasteiger partial charge in [0.25, 0.3) is 0 Å². The summed E-state index contributed by atoms with van der Waals surface area (Å²) in [4.78, 5) is 14.9. The van der Waals surface area contributed by atoms with Crippen LogP contribution in [0.2, 0.25) is 0 Å². The van der Waals surface area contributed by atoms with Crippen LogP contribution in [0, 0.1) is 5.92 Å². The number of carbonyl (C=O) groups is 1. The monoisotopic (exact) mass is 303 g/mol. The molecule has 1 amide bonds. The first-order valence-corrected chi connectivity index (χ1v) is 8.42. The number of nitrogens with one attached hydrogen (secondary N) is 1. The van der Waals surface area contributed by atoms with Gasteiger partial charge in [-0.2, -0.15) is 0 Å². The second-order valence-corrected chi connectivity index (χ2v) is 6.55. The van der Waals surface area contributed by atoms with Crippen LogP contribution < -0.4 is 11.1 Å². The fourth-order valence-electron chi connectivity index (χ4n) is 3.22. The molecule has 2 atom stereocenters. The fraction of sp³-hybridized carbons (Fsp3) is 0.611. The zero-order valence-electron chi connectivity index (χ0n) is 13.8. The predicted octanol–water partition coefficient (Wildman–Crippen LogP) is 2.31. The van der Waals surface area contributed by atoms with Crippen LogP contribution in [-0.4, -0.2) is 36.5 Å². The third kappa shape index (κ3) is 4.55. The van der Waals surface area contributed by atoms with Crippen molar-refractivity contribution >= 4 is 5.91 Å². The van der Waals surface area contributed by atoms with Crippen LogP contribution in [0.25, 0.3) is 0 Å². The molecule has 4 nitrogen and oxygen atoms in total. The number of benzene rings is 1. The van der Waals surface area contributed by atoms with Gasteiger partial charge in [-0.25, -0.2) is 0 Å². The molecule has 1 aliphatic rings. The minimum Gasteiger partial charge on any atom is -0.353 e. The quantitative estimate of drug-likeness (QED) is 0.848. The van der Waals surface area contributed by atoms with E-state index in [1.807, 2.05) is 30.3 Å². The fourth-order valence-corrected chi connectivity index (χ4v) is 3.22. The van der Waals surface area contributed by atoms with Gasteiger partial charge in [-0.05, 0) is 37.4 Å². The van der Waals surface area contributed by atoms with Crippen molar-refractivity contribution in [3.8, 4) is 0 Å². The Kier molecular flexibility index (Phi) is 6.40. The van der Waals surface area contributed by atoms with Gasteiger partial charge >= 0.3 is 0 Å². The first-order chi connectivity index (χ1) is 10.6. The SMILES string of the molecule is CC(C)C(C(=O)NCC(N)c1ccccc1)N1CCCCC1. The molecular formula is C18H29N3O. The summed E-state index contributed by atoms with van der Waals surface area (Å²) in [6.45, 7) is 6.79. The number of nitrogens with zero attached hydrogens (tertiary/aromatic N) is 1. The van der Waals surface area contributed by atoms with E-state index in [0.717, 1.165) is 18.7 Å². The molecule has 1 heterocycles. The molecule has 1 aromatic rings. The van der Waals surface area contributed by atoms with Crippen LogP contribution in [0.5, 0.6) is 0 Å². The molecule has 4 heteroatoms. The molecule has 1 saturated heterocycles. The second-order valence-electron chi connectivity index (χ2n) is 6.55. The number of likely N-dealkylation sites (tertiary alicyclic amines) is 1. The lowest BCUT2D eigenvalue weighted by Crippen LogP contribution is -2.52. The van der Waals surface area contributed by atoms with Crippen molar-refractivity contribution in [3.63, 3.8) is 0 Å². The van der Waals surface area contributed by atoms with Crippen molar-refractivity contribution in [2.45, 2.75) is 45.2 Å². The summed E-state index contributed by atoms with van der Waals surface area (Å²) in [5.74, 6) is 0.425. The molecule has 0 bridgehead atoms. The Hall–Kier alpha value is -1.39. The molecule has 0 spiro atoms. The molecule has 3 N–H and O–H groups in total. The van der Waals surface area contributed by atoms with Gasteiger partial charge in [0, 0.05) is 12.6 Å². The molecule has 122 valence electrons. The molecule has 22 heavy (non-hydrogen) atoms. The standard InChI is InChI=1S/C18H29N3O/c1-14(2)17(21-11-7-4-8-12-21)18(22)20-13-16(19)15-9-5-3-6-10-15/h3,5-6,9-10,14,16-17H,4,7-8,11-13,19H2,1-2H3,(H,20,22). The van der Waals surface area contributed by atoms with Gasteiger partial charge in [0.05, 0.1) is 6.04 Å². The normalized spacial score (nSPS) is 18.9. The molecule has 0 radical (unpaired) electrons. The Bertz CT molecular complexity index is 455. The third-order valence-electron chi connectivity index (χ3n) is 4.41. The molecule has 1 fully saturated rings. The highest BCUT2D eigenvalue weighted by atomic mass is 16.2. The van der Waals surface area contributed by atoms with Crippen molar-refractivity contribution in [2.24, 2.45) is 11.7 Å². The first kappa shape index (κ1) is 17.0. The second kappa shape index (κ2) is 8.30. The zero-order chi connectivity index (χ0) is 15.9. The lowest BCUT2D eigenvalue weighted by atomic mass is 9.98. The van der Waals surface area contributed by atoms with E-state index in [0.29, 0.717) is 12.5 Å². The maximum Gasteiger partial charge on any atom is 0.237 e. The van der Waals surface area contributed by atoms with Crippen LogP contribution in [0.1, 0.15) is 44.7 Å². The number of carbonyl (C=O) groups excluding carboxylic acids is 1. The highest BCUT2D eigenvalue weighted by Crippen LogP contribution is 2.18. The third-order valence-corrected chi connectivity index (χ3v) is 4.41. The molecule has 1 aromatic carbocycles. The summed E-state index contributed by atoms with van der Waals surface area (Å²) < 4.78 is 0. The van der Waals surface area contributed by atoms with E-state index in [-0.39, 0.29) is 18.0 Å². The average molecular weight is 303 g/mol. The summed E-state index contributed by atoms with van der Waals surface area (Å²) in [6, 6.07) is 9.73. The molecular weight excluding hydrogens is 274 g/mol. The van der Waals surface area contributed by atoms with E-state index in [1.165, 1.54) is 19.3 Å². The summed E-state index contributed by atoms with van der Waals surface area (Å²) in [6.07, 6.45) is 3.67. The molecule has 0 aliphatic carbocycles. The van der Waals surface area contributed by atoms with Crippen LogP contribution in [0.4, 0.5) is 0 Å². The van der Waals surface area contributed by atoms with Gasteiger partial charge in [0.15, 0.2) is 0 Å². The Balaban J connectivity index is 1.91. The van der Waals surface area contributed by atoms with Crippen LogP contribution in [0.3, 0.4) is 0 Å². The average Bonchev–Trinajstić information content (AvgIpc) is 2.54. The van der Waals surface area contributed by atoms with E-state index in [9.17, 15) is 4.79 Å². The minimum atomic E-state index is -0.153. The van der Waals surface area contributed by atoms with E-state index < -0.39 is 0 Å². The Labute approximate surface area is 134 Å². The number of piperidine rings is 1. The molecule has 1 aliphatic heterocycles. The van der Waals surface area contributed by atoms with Crippen molar-refractivity contribution in [1.29, 1.82) is 0 Å². The first-order valence-electron chi connectivity index (χ1n) is 8.42. The van der Waals surface area contributed by atoms with Crippen LogP contribution in [-0.2, 0) is 4.79 Å². The summed E-state index contributed by atoms with van der Waals surface area (Å²) in [7, 11) is 0. The van der Waals surface area contributed by atoms with Crippen molar-refractivity contribution in [2.75, 3.05) is 19.6 Å². The minimum absolute atomic E-state index is 0.0386. The molecule has 2 rings (SSSR count). The molecule has 2 unspecified atom stereocenters. The lowest BCUT2D eigenvalue weighted by Gasteiger charge is -2.36. The lowest BCUT2D eigenvalue weighted by molar-refractivity contribution is -0.128.